The van der Waals surface area contributed by atoms with E-state index in [1.165, 1.54) is 19.6 Å². The normalized spacial score (nSPS) is 21.5. The zero-order chi connectivity index (χ0) is 12.3. The van der Waals surface area contributed by atoms with Crippen LogP contribution in [0.3, 0.4) is 0 Å². The maximum atomic E-state index is 13.5. The first-order valence-electron chi connectivity index (χ1n) is 6.03. The SMILES string of the molecule is COc1ccc(C(N)CC2CCCN2)cc1F. The second-order valence-corrected chi connectivity index (χ2v) is 4.53. The van der Waals surface area contributed by atoms with E-state index in [1.54, 1.807) is 6.07 Å². The number of rotatable bonds is 4. The molecule has 0 spiro atoms. The quantitative estimate of drug-likeness (QED) is 0.843. The fraction of sp³-hybridized carbons (Fsp3) is 0.538. The Labute approximate surface area is 101 Å². The standard InChI is InChI=1S/C13H19FN2O/c1-17-13-5-4-9(7-11(13)14)12(15)8-10-3-2-6-16-10/h4-5,7,10,12,16H,2-3,6,8,15H2,1H3. The van der Waals surface area contributed by atoms with Crippen molar-refractivity contribution in [1.82, 2.24) is 5.32 Å². The van der Waals surface area contributed by atoms with Crippen LogP contribution in [-0.4, -0.2) is 19.7 Å². The van der Waals surface area contributed by atoms with E-state index in [1.807, 2.05) is 6.07 Å². The van der Waals surface area contributed by atoms with E-state index in [0.29, 0.717) is 6.04 Å². The minimum Gasteiger partial charge on any atom is -0.494 e. The molecule has 1 aliphatic rings. The summed E-state index contributed by atoms with van der Waals surface area (Å²) in [5, 5.41) is 3.40. The van der Waals surface area contributed by atoms with Crippen molar-refractivity contribution in [1.29, 1.82) is 0 Å². The van der Waals surface area contributed by atoms with E-state index in [2.05, 4.69) is 5.32 Å². The predicted molar refractivity (Wildman–Crippen MR) is 65.5 cm³/mol. The van der Waals surface area contributed by atoms with Crippen molar-refractivity contribution in [3.8, 4) is 5.75 Å². The lowest BCUT2D eigenvalue weighted by Gasteiger charge is -2.17. The van der Waals surface area contributed by atoms with Crippen LogP contribution in [0.15, 0.2) is 18.2 Å². The molecule has 0 radical (unpaired) electrons. The Morgan fingerprint density at radius 3 is 3.00 bits per heavy atom. The third kappa shape index (κ3) is 2.96. The van der Waals surface area contributed by atoms with Crippen molar-refractivity contribution in [3.63, 3.8) is 0 Å². The van der Waals surface area contributed by atoms with Crippen molar-refractivity contribution in [3.05, 3.63) is 29.6 Å². The number of methoxy groups -OCH3 is 1. The van der Waals surface area contributed by atoms with Gasteiger partial charge in [-0.15, -0.1) is 0 Å². The first kappa shape index (κ1) is 12.3. The smallest absolute Gasteiger partial charge is 0.165 e. The summed E-state index contributed by atoms with van der Waals surface area (Å²) in [6, 6.07) is 5.29. The maximum Gasteiger partial charge on any atom is 0.165 e. The zero-order valence-corrected chi connectivity index (χ0v) is 10.1. The van der Waals surface area contributed by atoms with Crippen molar-refractivity contribution in [2.75, 3.05) is 13.7 Å². The molecule has 0 amide bonds. The molecular formula is C13H19FN2O. The van der Waals surface area contributed by atoms with Crippen LogP contribution >= 0.6 is 0 Å². The van der Waals surface area contributed by atoms with E-state index >= 15 is 0 Å². The summed E-state index contributed by atoms with van der Waals surface area (Å²) in [6.07, 6.45) is 3.21. The van der Waals surface area contributed by atoms with Crippen LogP contribution in [0.4, 0.5) is 4.39 Å². The topological polar surface area (TPSA) is 47.3 Å². The van der Waals surface area contributed by atoms with Gasteiger partial charge < -0.3 is 15.8 Å². The van der Waals surface area contributed by atoms with Gasteiger partial charge in [0, 0.05) is 12.1 Å². The number of hydrogen-bond donors (Lipinski definition) is 2. The number of ether oxygens (including phenoxy) is 1. The lowest BCUT2D eigenvalue weighted by atomic mass is 9.99. The predicted octanol–water partition coefficient (Wildman–Crippen LogP) is 1.98. The number of nitrogens with two attached hydrogens (primary N) is 1. The van der Waals surface area contributed by atoms with Gasteiger partial charge in [0.05, 0.1) is 7.11 Å². The zero-order valence-electron chi connectivity index (χ0n) is 10.1. The van der Waals surface area contributed by atoms with E-state index in [0.717, 1.165) is 24.9 Å². The summed E-state index contributed by atoms with van der Waals surface area (Å²) in [5.41, 5.74) is 6.92. The molecule has 0 bridgehead atoms. The maximum absolute atomic E-state index is 13.5. The van der Waals surface area contributed by atoms with Crippen LogP contribution in [0.5, 0.6) is 5.75 Å². The Hall–Kier alpha value is -1.13. The van der Waals surface area contributed by atoms with Crippen LogP contribution in [0.25, 0.3) is 0 Å². The molecule has 1 saturated heterocycles. The van der Waals surface area contributed by atoms with Gasteiger partial charge >= 0.3 is 0 Å². The van der Waals surface area contributed by atoms with Gasteiger partial charge in [-0.25, -0.2) is 4.39 Å². The molecule has 2 unspecified atom stereocenters. The number of hydrogen-bond acceptors (Lipinski definition) is 3. The summed E-state index contributed by atoms with van der Waals surface area (Å²) in [4.78, 5) is 0. The number of benzene rings is 1. The molecule has 17 heavy (non-hydrogen) atoms. The third-order valence-corrected chi connectivity index (χ3v) is 3.30. The van der Waals surface area contributed by atoms with Gasteiger partial charge in [-0.2, -0.15) is 0 Å². The molecule has 4 heteroatoms. The highest BCUT2D eigenvalue weighted by Gasteiger charge is 2.19. The monoisotopic (exact) mass is 238 g/mol. The Morgan fingerprint density at radius 2 is 2.41 bits per heavy atom. The first-order valence-corrected chi connectivity index (χ1v) is 6.03. The Balaban J connectivity index is 2.02. The molecule has 2 atom stereocenters. The first-order chi connectivity index (χ1) is 8.20. The second-order valence-electron chi connectivity index (χ2n) is 4.53. The van der Waals surface area contributed by atoms with Crippen molar-refractivity contribution < 1.29 is 9.13 Å². The molecule has 0 aromatic heterocycles. The Kier molecular flexibility index (Phi) is 3.97. The summed E-state index contributed by atoms with van der Waals surface area (Å²) in [6.45, 7) is 1.06. The van der Waals surface area contributed by atoms with Gasteiger partial charge in [-0.1, -0.05) is 6.07 Å². The molecule has 1 aliphatic heterocycles. The molecule has 1 fully saturated rings. The molecule has 3 nitrogen and oxygen atoms in total. The molecule has 94 valence electrons. The third-order valence-electron chi connectivity index (χ3n) is 3.30. The molecule has 0 aliphatic carbocycles. The molecule has 1 aromatic carbocycles. The van der Waals surface area contributed by atoms with Crippen molar-refractivity contribution in [2.24, 2.45) is 5.73 Å². The molecule has 1 heterocycles. The molecule has 2 rings (SSSR count). The van der Waals surface area contributed by atoms with Gasteiger partial charge in [0.1, 0.15) is 0 Å². The van der Waals surface area contributed by atoms with Gasteiger partial charge in [0.25, 0.3) is 0 Å². The van der Waals surface area contributed by atoms with Gasteiger partial charge in [-0.05, 0) is 43.5 Å². The van der Waals surface area contributed by atoms with E-state index in [-0.39, 0.29) is 17.6 Å². The summed E-state index contributed by atoms with van der Waals surface area (Å²) >= 11 is 0. The van der Waals surface area contributed by atoms with E-state index < -0.39 is 0 Å². The minimum atomic E-state index is -0.347. The highest BCUT2D eigenvalue weighted by Crippen LogP contribution is 2.24. The van der Waals surface area contributed by atoms with E-state index in [4.69, 9.17) is 10.5 Å². The Morgan fingerprint density at radius 1 is 1.59 bits per heavy atom. The summed E-state index contributed by atoms with van der Waals surface area (Å²) < 4.78 is 18.4. The minimum absolute atomic E-state index is 0.119. The summed E-state index contributed by atoms with van der Waals surface area (Å²) in [7, 11) is 1.46. The van der Waals surface area contributed by atoms with Gasteiger partial charge in [0.15, 0.2) is 11.6 Å². The van der Waals surface area contributed by atoms with Crippen LogP contribution in [0.1, 0.15) is 30.9 Å². The van der Waals surface area contributed by atoms with Crippen molar-refractivity contribution in [2.45, 2.75) is 31.3 Å². The van der Waals surface area contributed by atoms with Crippen LogP contribution in [0, 0.1) is 5.82 Å². The second kappa shape index (κ2) is 5.47. The summed E-state index contributed by atoms with van der Waals surface area (Å²) in [5.74, 6) is -0.0835. The van der Waals surface area contributed by atoms with Crippen LogP contribution in [0.2, 0.25) is 0 Å². The Bertz CT molecular complexity index is 378. The number of nitrogens with one attached hydrogen (secondary N) is 1. The van der Waals surface area contributed by atoms with Gasteiger partial charge in [0.2, 0.25) is 0 Å². The number of halogens is 1. The molecular weight excluding hydrogens is 219 g/mol. The lowest BCUT2D eigenvalue weighted by Crippen LogP contribution is -2.26. The van der Waals surface area contributed by atoms with E-state index in [9.17, 15) is 4.39 Å². The fourth-order valence-electron chi connectivity index (χ4n) is 2.31. The molecule has 1 aromatic rings. The highest BCUT2D eigenvalue weighted by molar-refractivity contribution is 5.31. The highest BCUT2D eigenvalue weighted by atomic mass is 19.1. The average Bonchev–Trinajstić information content (AvgIpc) is 2.81. The van der Waals surface area contributed by atoms with Crippen molar-refractivity contribution >= 4 is 0 Å². The lowest BCUT2D eigenvalue weighted by molar-refractivity contribution is 0.385. The fourth-order valence-corrected chi connectivity index (χ4v) is 2.31. The average molecular weight is 238 g/mol. The molecule has 0 saturated carbocycles. The molecule has 3 N–H and O–H groups in total. The van der Waals surface area contributed by atoms with Crippen LogP contribution in [-0.2, 0) is 0 Å². The largest absolute Gasteiger partial charge is 0.494 e. The van der Waals surface area contributed by atoms with Gasteiger partial charge in [-0.3, -0.25) is 0 Å². The van der Waals surface area contributed by atoms with Crippen LogP contribution < -0.4 is 15.8 Å².